The van der Waals surface area contributed by atoms with Gasteiger partial charge in [0.15, 0.2) is 0 Å². The molecule has 0 saturated carbocycles. The molecule has 1 aromatic rings. The molecule has 2 rings (SSSR count). The van der Waals surface area contributed by atoms with Gasteiger partial charge in [0.05, 0.1) is 0 Å². The maximum Gasteiger partial charge on any atom is 0.132 e. The van der Waals surface area contributed by atoms with Crippen molar-refractivity contribution in [1.82, 2.24) is 10.2 Å². The number of piperazine rings is 1. The van der Waals surface area contributed by atoms with Crippen molar-refractivity contribution < 1.29 is 4.39 Å². The molecule has 0 aromatic heterocycles. The number of hydrogen-bond acceptors (Lipinski definition) is 2. The van der Waals surface area contributed by atoms with Crippen molar-refractivity contribution in [1.29, 1.82) is 0 Å². The van der Waals surface area contributed by atoms with Gasteiger partial charge in [-0.2, -0.15) is 0 Å². The second-order valence-electron chi connectivity index (χ2n) is 4.80. The minimum Gasteiger partial charge on any atom is -0.314 e. The highest BCUT2D eigenvalue weighted by atomic mass is 35.5. The van der Waals surface area contributed by atoms with Crippen LogP contribution in [0.15, 0.2) is 12.1 Å². The van der Waals surface area contributed by atoms with Gasteiger partial charge in [0.2, 0.25) is 0 Å². The molecule has 18 heavy (non-hydrogen) atoms. The normalized spacial score (nSPS) is 18.9. The standard InChI is InChI=1S/C14H20ClFN2/c1-3-12(18-8-6-17-7-9-18)13-11(15)5-4-10(2)14(13)16/h4-5,12,17H,3,6-9H2,1-2H3/t12-/m0/s1. The number of rotatable bonds is 3. The zero-order valence-electron chi connectivity index (χ0n) is 11.0. The van der Waals surface area contributed by atoms with Crippen LogP contribution in [0.25, 0.3) is 0 Å². The molecule has 1 atom stereocenters. The van der Waals surface area contributed by atoms with Crippen molar-refractivity contribution in [2.45, 2.75) is 26.3 Å². The minimum atomic E-state index is -0.145. The summed E-state index contributed by atoms with van der Waals surface area (Å²) < 4.78 is 14.3. The molecule has 1 fully saturated rings. The van der Waals surface area contributed by atoms with Gasteiger partial charge >= 0.3 is 0 Å². The van der Waals surface area contributed by atoms with Crippen LogP contribution in [0.3, 0.4) is 0 Å². The van der Waals surface area contributed by atoms with Crippen molar-refractivity contribution in [2.24, 2.45) is 0 Å². The summed E-state index contributed by atoms with van der Waals surface area (Å²) in [5, 5.41) is 3.86. The predicted molar refractivity (Wildman–Crippen MR) is 73.6 cm³/mol. The molecule has 0 amide bonds. The van der Waals surface area contributed by atoms with Crippen LogP contribution in [0.4, 0.5) is 4.39 Å². The number of hydrogen-bond donors (Lipinski definition) is 1. The molecule has 1 aromatic carbocycles. The van der Waals surface area contributed by atoms with E-state index in [-0.39, 0.29) is 11.9 Å². The molecule has 0 unspecified atom stereocenters. The smallest absolute Gasteiger partial charge is 0.132 e. The third kappa shape index (κ3) is 2.68. The van der Waals surface area contributed by atoms with Gasteiger partial charge in [-0.1, -0.05) is 24.6 Å². The van der Waals surface area contributed by atoms with Crippen LogP contribution < -0.4 is 5.32 Å². The van der Waals surface area contributed by atoms with E-state index in [2.05, 4.69) is 17.1 Å². The van der Waals surface area contributed by atoms with E-state index in [4.69, 9.17) is 11.6 Å². The maximum absolute atomic E-state index is 14.3. The maximum atomic E-state index is 14.3. The van der Waals surface area contributed by atoms with Crippen molar-refractivity contribution >= 4 is 11.6 Å². The average molecular weight is 271 g/mol. The molecule has 1 N–H and O–H groups in total. The number of benzene rings is 1. The molecular formula is C14H20ClFN2. The van der Waals surface area contributed by atoms with E-state index in [1.165, 1.54) is 0 Å². The fraction of sp³-hybridized carbons (Fsp3) is 0.571. The molecule has 0 aliphatic carbocycles. The summed E-state index contributed by atoms with van der Waals surface area (Å²) in [6.07, 6.45) is 0.875. The van der Waals surface area contributed by atoms with Crippen molar-refractivity contribution in [3.8, 4) is 0 Å². The Morgan fingerprint density at radius 2 is 2.06 bits per heavy atom. The molecule has 2 nitrogen and oxygen atoms in total. The second-order valence-corrected chi connectivity index (χ2v) is 5.21. The molecule has 0 bridgehead atoms. The molecule has 0 spiro atoms. The van der Waals surface area contributed by atoms with Gasteiger partial charge in [0.25, 0.3) is 0 Å². The topological polar surface area (TPSA) is 15.3 Å². The van der Waals surface area contributed by atoms with E-state index < -0.39 is 0 Å². The number of nitrogens with zero attached hydrogens (tertiary/aromatic N) is 1. The molecule has 4 heteroatoms. The van der Waals surface area contributed by atoms with E-state index in [9.17, 15) is 4.39 Å². The Kier molecular flexibility index (Phi) is 4.60. The quantitative estimate of drug-likeness (QED) is 0.908. The summed E-state index contributed by atoms with van der Waals surface area (Å²) in [4.78, 5) is 2.32. The Morgan fingerprint density at radius 3 is 2.67 bits per heavy atom. The molecular weight excluding hydrogens is 251 g/mol. The SMILES string of the molecule is CC[C@@H](c1c(Cl)ccc(C)c1F)N1CCNCC1. The van der Waals surface area contributed by atoms with Gasteiger partial charge in [0.1, 0.15) is 5.82 Å². The summed E-state index contributed by atoms with van der Waals surface area (Å²) in [7, 11) is 0. The first-order chi connectivity index (χ1) is 8.65. The van der Waals surface area contributed by atoms with Crippen molar-refractivity contribution in [3.63, 3.8) is 0 Å². The van der Waals surface area contributed by atoms with Crippen LogP contribution in [0.5, 0.6) is 0 Å². The Bertz CT molecular complexity index is 417. The largest absolute Gasteiger partial charge is 0.314 e. The Labute approximate surface area is 113 Å². The van der Waals surface area contributed by atoms with Gasteiger partial charge in [0, 0.05) is 42.8 Å². The Balaban J connectivity index is 2.34. The lowest BCUT2D eigenvalue weighted by Gasteiger charge is -2.35. The lowest BCUT2D eigenvalue weighted by atomic mass is 9.99. The first-order valence-electron chi connectivity index (χ1n) is 6.54. The van der Waals surface area contributed by atoms with E-state index in [0.717, 1.165) is 32.6 Å². The summed E-state index contributed by atoms with van der Waals surface area (Å²) in [5.41, 5.74) is 1.34. The third-order valence-corrected chi connectivity index (χ3v) is 3.96. The van der Waals surface area contributed by atoms with Crippen LogP contribution in [0.1, 0.15) is 30.5 Å². The molecule has 1 aliphatic heterocycles. The van der Waals surface area contributed by atoms with Crippen molar-refractivity contribution in [2.75, 3.05) is 26.2 Å². The van der Waals surface area contributed by atoms with Crippen LogP contribution in [0.2, 0.25) is 5.02 Å². The Morgan fingerprint density at radius 1 is 1.39 bits per heavy atom. The fourth-order valence-electron chi connectivity index (χ4n) is 2.62. The summed E-state index contributed by atoms with van der Waals surface area (Å²) >= 11 is 6.21. The summed E-state index contributed by atoms with van der Waals surface area (Å²) in [6, 6.07) is 3.63. The monoisotopic (exact) mass is 270 g/mol. The van der Waals surface area contributed by atoms with Gasteiger partial charge in [-0.15, -0.1) is 0 Å². The Hall–Kier alpha value is -0.640. The zero-order chi connectivity index (χ0) is 13.1. The van der Waals surface area contributed by atoms with Crippen LogP contribution in [-0.2, 0) is 0 Å². The highest BCUT2D eigenvalue weighted by molar-refractivity contribution is 6.31. The number of halogens is 2. The third-order valence-electron chi connectivity index (χ3n) is 3.63. The van der Waals surface area contributed by atoms with Crippen LogP contribution >= 0.6 is 11.6 Å². The first-order valence-corrected chi connectivity index (χ1v) is 6.92. The van der Waals surface area contributed by atoms with Gasteiger partial charge in [-0.3, -0.25) is 4.90 Å². The lowest BCUT2D eigenvalue weighted by Crippen LogP contribution is -2.45. The van der Waals surface area contributed by atoms with E-state index in [0.29, 0.717) is 16.1 Å². The van der Waals surface area contributed by atoms with Crippen molar-refractivity contribution in [3.05, 3.63) is 34.1 Å². The molecule has 0 radical (unpaired) electrons. The second kappa shape index (κ2) is 6.00. The van der Waals surface area contributed by atoms with Crippen LogP contribution in [0, 0.1) is 12.7 Å². The average Bonchev–Trinajstić information content (AvgIpc) is 2.40. The molecule has 1 heterocycles. The van der Waals surface area contributed by atoms with Crippen LogP contribution in [-0.4, -0.2) is 31.1 Å². The fourth-order valence-corrected chi connectivity index (χ4v) is 2.89. The molecule has 1 aliphatic rings. The first kappa shape index (κ1) is 13.8. The lowest BCUT2D eigenvalue weighted by molar-refractivity contribution is 0.166. The predicted octanol–water partition coefficient (Wildman–Crippen LogP) is 3.14. The summed E-state index contributed by atoms with van der Waals surface area (Å²) in [6.45, 7) is 7.69. The van der Waals surface area contributed by atoms with Gasteiger partial charge in [-0.25, -0.2) is 4.39 Å². The highest BCUT2D eigenvalue weighted by Crippen LogP contribution is 2.33. The molecule has 100 valence electrons. The number of nitrogens with one attached hydrogen (secondary N) is 1. The number of aryl methyl sites for hydroxylation is 1. The summed E-state index contributed by atoms with van der Waals surface area (Å²) in [5.74, 6) is -0.145. The van der Waals surface area contributed by atoms with Gasteiger partial charge in [-0.05, 0) is 25.0 Å². The van der Waals surface area contributed by atoms with E-state index >= 15 is 0 Å². The van der Waals surface area contributed by atoms with E-state index in [1.54, 1.807) is 19.1 Å². The zero-order valence-corrected chi connectivity index (χ0v) is 11.7. The van der Waals surface area contributed by atoms with E-state index in [1.807, 2.05) is 0 Å². The van der Waals surface area contributed by atoms with Gasteiger partial charge < -0.3 is 5.32 Å². The minimum absolute atomic E-state index is 0.0829. The highest BCUT2D eigenvalue weighted by Gasteiger charge is 2.25. The molecule has 1 saturated heterocycles.